The lowest BCUT2D eigenvalue weighted by atomic mass is 9.97. The fourth-order valence-electron chi connectivity index (χ4n) is 7.25. The second-order valence-electron chi connectivity index (χ2n) is 12.0. The zero-order valence-corrected chi connectivity index (χ0v) is 25.8. The summed E-state index contributed by atoms with van der Waals surface area (Å²) in [6.07, 6.45) is 0. The highest BCUT2D eigenvalue weighted by Gasteiger charge is 2.18. The van der Waals surface area contributed by atoms with E-state index >= 15 is 0 Å². The summed E-state index contributed by atoms with van der Waals surface area (Å²) in [7, 11) is 0. The van der Waals surface area contributed by atoms with Gasteiger partial charge < -0.3 is 9.13 Å². The first-order valence-electron chi connectivity index (χ1n) is 15.8. The van der Waals surface area contributed by atoms with Crippen LogP contribution in [-0.4, -0.2) is 9.13 Å². The van der Waals surface area contributed by atoms with E-state index in [2.05, 4.69) is 152 Å². The number of para-hydroxylation sites is 4. The summed E-state index contributed by atoms with van der Waals surface area (Å²) in [5.74, 6) is 0. The largest absolute Gasteiger partial charge is 0.319 e. The lowest BCUT2D eigenvalue weighted by molar-refractivity contribution is 1.18. The molecular formula is C44H26N4. The standard InChI is InChI=1S/C44H26N4/c1-45-32-24-25-34(43(28-32)48-41-22-7-3-16-35(41)36-17-4-8-23-42(36)48)31-14-9-12-29(26-31)30-13-10-15-33(27-30)47-40-21-6-5-18-37(40)38-19-11-20-39(46-2)44(38)47/h3-28H. The summed E-state index contributed by atoms with van der Waals surface area (Å²) in [5, 5.41) is 4.58. The van der Waals surface area contributed by atoms with Gasteiger partial charge in [-0.05, 0) is 64.5 Å². The normalized spacial score (nSPS) is 11.3. The summed E-state index contributed by atoms with van der Waals surface area (Å²) >= 11 is 0. The molecule has 222 valence electrons. The zero-order valence-electron chi connectivity index (χ0n) is 25.8. The minimum atomic E-state index is 0.601. The average molecular weight is 611 g/mol. The van der Waals surface area contributed by atoms with Crippen molar-refractivity contribution in [3.63, 3.8) is 0 Å². The quantitative estimate of drug-likeness (QED) is 0.177. The van der Waals surface area contributed by atoms with Gasteiger partial charge in [-0.1, -0.05) is 115 Å². The second-order valence-corrected chi connectivity index (χ2v) is 12.0. The lowest BCUT2D eigenvalue weighted by Crippen LogP contribution is -1.97. The highest BCUT2D eigenvalue weighted by Crippen LogP contribution is 2.40. The summed E-state index contributed by atoms with van der Waals surface area (Å²) in [6, 6.07) is 54.4. The first kappa shape index (κ1) is 27.4. The van der Waals surface area contributed by atoms with E-state index in [-0.39, 0.29) is 0 Å². The van der Waals surface area contributed by atoms with Crippen molar-refractivity contribution in [1.29, 1.82) is 0 Å². The van der Waals surface area contributed by atoms with E-state index in [9.17, 15) is 0 Å². The van der Waals surface area contributed by atoms with E-state index in [4.69, 9.17) is 13.1 Å². The minimum absolute atomic E-state index is 0.601. The van der Waals surface area contributed by atoms with Crippen LogP contribution in [-0.2, 0) is 0 Å². The number of rotatable bonds is 4. The van der Waals surface area contributed by atoms with Gasteiger partial charge in [0.1, 0.15) is 0 Å². The molecule has 4 heteroatoms. The molecule has 0 amide bonds. The Morgan fingerprint density at radius 1 is 0.417 bits per heavy atom. The Morgan fingerprint density at radius 2 is 0.979 bits per heavy atom. The van der Waals surface area contributed by atoms with Crippen LogP contribution >= 0.6 is 0 Å². The van der Waals surface area contributed by atoms with Gasteiger partial charge in [0, 0.05) is 33.1 Å². The Balaban J connectivity index is 1.23. The molecule has 0 saturated carbocycles. The van der Waals surface area contributed by atoms with Crippen LogP contribution in [0.2, 0.25) is 0 Å². The Hall–Kier alpha value is -6.88. The molecule has 9 aromatic rings. The van der Waals surface area contributed by atoms with Crippen LogP contribution in [0.25, 0.3) is 86.9 Å². The van der Waals surface area contributed by atoms with E-state index in [1.165, 1.54) is 10.8 Å². The highest BCUT2D eigenvalue weighted by molar-refractivity contribution is 6.13. The van der Waals surface area contributed by atoms with Crippen LogP contribution in [0.1, 0.15) is 0 Å². The predicted octanol–water partition coefficient (Wildman–Crippen LogP) is 12.3. The predicted molar refractivity (Wildman–Crippen MR) is 199 cm³/mol. The van der Waals surface area contributed by atoms with Crippen LogP contribution in [0.5, 0.6) is 0 Å². The van der Waals surface area contributed by atoms with Gasteiger partial charge in [0.05, 0.1) is 35.2 Å². The molecule has 0 atom stereocenters. The van der Waals surface area contributed by atoms with Gasteiger partial charge in [-0.25, -0.2) is 9.69 Å². The van der Waals surface area contributed by atoms with Crippen molar-refractivity contribution < 1.29 is 0 Å². The zero-order chi connectivity index (χ0) is 32.2. The Labute approximate surface area is 277 Å². The minimum Gasteiger partial charge on any atom is -0.319 e. The molecule has 0 fully saturated rings. The summed E-state index contributed by atoms with van der Waals surface area (Å²) in [5.41, 5.74) is 11.7. The number of fused-ring (bicyclic) bond motifs is 6. The summed E-state index contributed by atoms with van der Waals surface area (Å²) < 4.78 is 4.51. The number of hydrogen-bond donors (Lipinski definition) is 0. The molecule has 0 aliphatic rings. The van der Waals surface area contributed by atoms with Gasteiger partial charge in [0.15, 0.2) is 5.69 Å². The highest BCUT2D eigenvalue weighted by atomic mass is 15.0. The second kappa shape index (κ2) is 10.9. The SMILES string of the molecule is [C-]#[N+]c1ccc(-c2cccc(-c3cccc(-n4c5ccccc5c5cccc([N+]#[C-])c54)c3)c2)c(-n2c3ccccc3c3ccccc32)c1. The average Bonchev–Trinajstić information content (AvgIpc) is 3.68. The van der Waals surface area contributed by atoms with Crippen molar-refractivity contribution in [1.82, 2.24) is 9.13 Å². The molecule has 0 N–H and O–H groups in total. The molecule has 0 radical (unpaired) electrons. The Bertz CT molecular complexity index is 2760. The monoisotopic (exact) mass is 610 g/mol. The molecule has 7 aromatic carbocycles. The topological polar surface area (TPSA) is 18.6 Å². The summed E-state index contributed by atoms with van der Waals surface area (Å²) in [6.45, 7) is 15.7. The Morgan fingerprint density at radius 3 is 1.67 bits per heavy atom. The number of hydrogen-bond acceptors (Lipinski definition) is 0. The maximum atomic E-state index is 7.92. The number of benzene rings is 7. The Kier molecular flexibility index (Phi) is 6.22. The van der Waals surface area contributed by atoms with Crippen molar-refractivity contribution in [2.45, 2.75) is 0 Å². The molecule has 4 nitrogen and oxygen atoms in total. The molecule has 0 aliphatic heterocycles. The maximum absolute atomic E-state index is 7.92. The third kappa shape index (κ3) is 4.14. The van der Waals surface area contributed by atoms with Crippen molar-refractivity contribution >= 4 is 55.0 Å². The van der Waals surface area contributed by atoms with Crippen LogP contribution < -0.4 is 0 Å². The summed E-state index contributed by atoms with van der Waals surface area (Å²) in [4.78, 5) is 7.70. The smallest absolute Gasteiger partial charge is 0.211 e. The molecule has 0 bridgehead atoms. The van der Waals surface area contributed by atoms with Gasteiger partial charge in [-0.15, -0.1) is 0 Å². The van der Waals surface area contributed by atoms with E-state index in [0.717, 1.165) is 66.5 Å². The van der Waals surface area contributed by atoms with Gasteiger partial charge in [-0.3, -0.25) is 0 Å². The molecule has 9 rings (SSSR count). The third-order valence-electron chi connectivity index (χ3n) is 9.34. The number of aromatic nitrogens is 2. The first-order chi connectivity index (χ1) is 23.7. The molecule has 2 heterocycles. The van der Waals surface area contributed by atoms with Crippen LogP contribution in [0.3, 0.4) is 0 Å². The molecule has 0 saturated heterocycles. The maximum Gasteiger partial charge on any atom is 0.211 e. The lowest BCUT2D eigenvalue weighted by Gasteiger charge is -2.16. The van der Waals surface area contributed by atoms with E-state index in [0.29, 0.717) is 11.4 Å². The molecular weight excluding hydrogens is 585 g/mol. The van der Waals surface area contributed by atoms with Crippen molar-refractivity contribution in [2.24, 2.45) is 0 Å². The van der Waals surface area contributed by atoms with E-state index < -0.39 is 0 Å². The van der Waals surface area contributed by atoms with Crippen LogP contribution in [0.15, 0.2) is 158 Å². The number of nitrogens with zero attached hydrogens (tertiary/aromatic N) is 4. The fraction of sp³-hybridized carbons (Fsp3) is 0. The van der Waals surface area contributed by atoms with Crippen LogP contribution in [0, 0.1) is 13.1 Å². The molecule has 0 spiro atoms. The van der Waals surface area contributed by atoms with Gasteiger partial charge in [-0.2, -0.15) is 0 Å². The van der Waals surface area contributed by atoms with Crippen molar-refractivity contribution in [2.75, 3.05) is 0 Å². The molecule has 0 unspecified atom stereocenters. The van der Waals surface area contributed by atoms with Gasteiger partial charge in [0.25, 0.3) is 0 Å². The molecule has 0 aliphatic carbocycles. The van der Waals surface area contributed by atoms with Gasteiger partial charge >= 0.3 is 0 Å². The van der Waals surface area contributed by atoms with Gasteiger partial charge in [0.2, 0.25) is 5.69 Å². The van der Waals surface area contributed by atoms with E-state index in [1.807, 2.05) is 24.3 Å². The van der Waals surface area contributed by atoms with Crippen molar-refractivity contribution in [3.8, 4) is 33.6 Å². The van der Waals surface area contributed by atoms with Crippen LogP contribution in [0.4, 0.5) is 11.4 Å². The molecule has 2 aromatic heterocycles. The first-order valence-corrected chi connectivity index (χ1v) is 15.8. The fourth-order valence-corrected chi connectivity index (χ4v) is 7.25. The molecule has 48 heavy (non-hydrogen) atoms. The van der Waals surface area contributed by atoms with Crippen molar-refractivity contribution in [3.05, 3.63) is 181 Å². The third-order valence-corrected chi connectivity index (χ3v) is 9.34. The van der Waals surface area contributed by atoms with E-state index in [1.54, 1.807) is 0 Å².